The minimum absolute atomic E-state index is 0.447. The summed E-state index contributed by atoms with van der Waals surface area (Å²) < 4.78 is 4.97. The lowest BCUT2D eigenvalue weighted by atomic mass is 9.70. The molecule has 1 fully saturated rings. The number of aryl methyl sites for hydroxylation is 1. The van der Waals surface area contributed by atoms with E-state index >= 15 is 0 Å². The van der Waals surface area contributed by atoms with Gasteiger partial charge in [-0.3, -0.25) is 0 Å². The first-order valence-electron chi connectivity index (χ1n) is 6.47. The predicted octanol–water partition coefficient (Wildman–Crippen LogP) is 2.68. The van der Waals surface area contributed by atoms with Gasteiger partial charge in [-0.25, -0.2) is 0 Å². The van der Waals surface area contributed by atoms with Gasteiger partial charge < -0.3 is 9.84 Å². The van der Waals surface area contributed by atoms with Gasteiger partial charge in [0.15, 0.2) is 5.82 Å². The lowest BCUT2D eigenvalue weighted by Crippen LogP contribution is -2.39. The van der Waals surface area contributed by atoms with Gasteiger partial charge >= 0.3 is 0 Å². The quantitative estimate of drug-likeness (QED) is 0.878. The SMILES string of the molecule is Cc1nc(CNC2CC(C)CC(C)(C)C2)no1. The van der Waals surface area contributed by atoms with Crippen molar-refractivity contribution in [1.82, 2.24) is 15.5 Å². The monoisotopic (exact) mass is 237 g/mol. The molecule has 17 heavy (non-hydrogen) atoms. The number of rotatable bonds is 3. The van der Waals surface area contributed by atoms with E-state index in [0.29, 0.717) is 23.9 Å². The number of nitrogens with one attached hydrogen (secondary N) is 1. The minimum Gasteiger partial charge on any atom is -0.340 e. The molecule has 2 unspecified atom stereocenters. The fraction of sp³-hybridized carbons (Fsp3) is 0.846. The van der Waals surface area contributed by atoms with Gasteiger partial charge in [0.2, 0.25) is 5.89 Å². The molecule has 1 heterocycles. The molecule has 96 valence electrons. The van der Waals surface area contributed by atoms with Crippen molar-refractivity contribution in [3.63, 3.8) is 0 Å². The summed E-state index contributed by atoms with van der Waals surface area (Å²) in [5.41, 5.74) is 0.447. The van der Waals surface area contributed by atoms with Gasteiger partial charge in [-0.2, -0.15) is 4.98 Å². The molecule has 1 aromatic heterocycles. The standard InChI is InChI=1S/C13H23N3O/c1-9-5-11(7-13(3,4)6-9)14-8-12-15-10(2)17-16-12/h9,11,14H,5-8H2,1-4H3. The molecular formula is C13H23N3O. The highest BCUT2D eigenvalue weighted by Gasteiger charge is 2.31. The maximum Gasteiger partial charge on any atom is 0.223 e. The number of aromatic nitrogens is 2. The lowest BCUT2D eigenvalue weighted by molar-refractivity contribution is 0.150. The molecule has 1 aromatic rings. The Labute approximate surface area is 103 Å². The van der Waals surface area contributed by atoms with Gasteiger partial charge in [-0.05, 0) is 30.6 Å². The van der Waals surface area contributed by atoms with Crippen LogP contribution in [0.5, 0.6) is 0 Å². The molecule has 0 bridgehead atoms. The number of nitrogens with zero attached hydrogens (tertiary/aromatic N) is 2. The zero-order valence-corrected chi connectivity index (χ0v) is 11.3. The van der Waals surface area contributed by atoms with E-state index in [4.69, 9.17) is 4.52 Å². The maximum absolute atomic E-state index is 4.97. The molecule has 0 spiro atoms. The van der Waals surface area contributed by atoms with Gasteiger partial charge in [0.05, 0.1) is 6.54 Å². The highest BCUT2D eigenvalue weighted by Crippen LogP contribution is 2.38. The summed E-state index contributed by atoms with van der Waals surface area (Å²) in [6, 6.07) is 0.576. The maximum atomic E-state index is 4.97. The van der Waals surface area contributed by atoms with Crippen LogP contribution in [0.2, 0.25) is 0 Å². The Morgan fingerprint density at radius 1 is 1.41 bits per heavy atom. The van der Waals surface area contributed by atoms with Crippen LogP contribution in [0.3, 0.4) is 0 Å². The molecule has 2 atom stereocenters. The van der Waals surface area contributed by atoms with E-state index in [1.807, 2.05) is 6.92 Å². The highest BCUT2D eigenvalue weighted by molar-refractivity contribution is 4.89. The third kappa shape index (κ3) is 3.53. The zero-order chi connectivity index (χ0) is 12.5. The Morgan fingerprint density at radius 2 is 2.18 bits per heavy atom. The molecule has 4 heteroatoms. The van der Waals surface area contributed by atoms with E-state index in [9.17, 15) is 0 Å². The largest absolute Gasteiger partial charge is 0.340 e. The summed E-state index contributed by atoms with van der Waals surface area (Å²) in [6.45, 7) is 9.59. The second-order valence-electron chi connectivity index (χ2n) is 6.22. The van der Waals surface area contributed by atoms with Crippen LogP contribution in [0.25, 0.3) is 0 Å². The Kier molecular flexibility index (Phi) is 3.52. The first kappa shape index (κ1) is 12.6. The molecule has 0 aliphatic heterocycles. The van der Waals surface area contributed by atoms with Crippen LogP contribution in [-0.4, -0.2) is 16.2 Å². The van der Waals surface area contributed by atoms with E-state index in [1.54, 1.807) is 0 Å². The predicted molar refractivity (Wildman–Crippen MR) is 66.5 cm³/mol. The fourth-order valence-electron chi connectivity index (χ4n) is 3.15. The van der Waals surface area contributed by atoms with Gasteiger partial charge in [0, 0.05) is 13.0 Å². The molecule has 0 saturated heterocycles. The molecule has 1 N–H and O–H groups in total. The summed E-state index contributed by atoms with van der Waals surface area (Å²) in [5.74, 6) is 2.20. The smallest absolute Gasteiger partial charge is 0.223 e. The van der Waals surface area contributed by atoms with Crippen LogP contribution >= 0.6 is 0 Å². The highest BCUT2D eigenvalue weighted by atomic mass is 16.5. The average Bonchev–Trinajstić information content (AvgIpc) is 2.58. The fourth-order valence-corrected chi connectivity index (χ4v) is 3.15. The second kappa shape index (κ2) is 4.77. The summed E-state index contributed by atoms with van der Waals surface area (Å²) >= 11 is 0. The van der Waals surface area contributed by atoms with Gasteiger partial charge in [0.25, 0.3) is 0 Å². The number of hydrogen-bond donors (Lipinski definition) is 1. The molecule has 1 saturated carbocycles. The van der Waals surface area contributed by atoms with Crippen LogP contribution in [0.15, 0.2) is 4.52 Å². The van der Waals surface area contributed by atoms with Crippen LogP contribution in [0, 0.1) is 18.3 Å². The van der Waals surface area contributed by atoms with Crippen molar-refractivity contribution in [3.8, 4) is 0 Å². The van der Waals surface area contributed by atoms with Crippen molar-refractivity contribution in [2.45, 2.75) is 59.5 Å². The van der Waals surface area contributed by atoms with Gasteiger partial charge in [-0.15, -0.1) is 0 Å². The first-order chi connectivity index (χ1) is 7.94. The molecule has 0 radical (unpaired) electrons. The third-order valence-electron chi connectivity index (χ3n) is 3.51. The van der Waals surface area contributed by atoms with E-state index in [2.05, 4.69) is 36.2 Å². The van der Waals surface area contributed by atoms with Crippen molar-refractivity contribution in [3.05, 3.63) is 11.7 Å². The Balaban J connectivity index is 1.86. The Hall–Kier alpha value is -0.900. The Bertz CT molecular complexity index is 372. The van der Waals surface area contributed by atoms with Crippen molar-refractivity contribution >= 4 is 0 Å². The van der Waals surface area contributed by atoms with Crippen molar-refractivity contribution < 1.29 is 4.52 Å². The molecule has 0 aromatic carbocycles. The van der Waals surface area contributed by atoms with Crippen LogP contribution < -0.4 is 5.32 Å². The second-order valence-corrected chi connectivity index (χ2v) is 6.22. The third-order valence-corrected chi connectivity index (χ3v) is 3.51. The van der Waals surface area contributed by atoms with Crippen LogP contribution in [0.1, 0.15) is 51.7 Å². The molecule has 4 nitrogen and oxygen atoms in total. The summed E-state index contributed by atoms with van der Waals surface area (Å²) in [7, 11) is 0. The minimum atomic E-state index is 0.447. The van der Waals surface area contributed by atoms with Gasteiger partial charge in [0.1, 0.15) is 0 Å². The topological polar surface area (TPSA) is 51.0 Å². The van der Waals surface area contributed by atoms with E-state index < -0.39 is 0 Å². The first-order valence-corrected chi connectivity index (χ1v) is 6.47. The van der Waals surface area contributed by atoms with E-state index in [0.717, 1.165) is 11.7 Å². The normalized spacial score (nSPS) is 28.2. The molecule has 1 aliphatic carbocycles. The van der Waals surface area contributed by atoms with E-state index in [-0.39, 0.29) is 0 Å². The summed E-state index contributed by atoms with van der Waals surface area (Å²) in [4.78, 5) is 4.21. The summed E-state index contributed by atoms with van der Waals surface area (Å²) in [6.07, 6.45) is 3.81. The summed E-state index contributed by atoms with van der Waals surface area (Å²) in [5, 5.41) is 7.46. The van der Waals surface area contributed by atoms with Crippen molar-refractivity contribution in [1.29, 1.82) is 0 Å². The van der Waals surface area contributed by atoms with Crippen LogP contribution in [0.4, 0.5) is 0 Å². The van der Waals surface area contributed by atoms with E-state index in [1.165, 1.54) is 19.3 Å². The molecule has 1 aliphatic rings. The molecule has 0 amide bonds. The lowest BCUT2D eigenvalue weighted by Gasteiger charge is -2.39. The average molecular weight is 237 g/mol. The molecule has 2 rings (SSSR count). The van der Waals surface area contributed by atoms with Crippen molar-refractivity contribution in [2.24, 2.45) is 11.3 Å². The zero-order valence-electron chi connectivity index (χ0n) is 11.3. The number of hydrogen-bond acceptors (Lipinski definition) is 4. The Morgan fingerprint density at radius 3 is 2.76 bits per heavy atom. The van der Waals surface area contributed by atoms with Gasteiger partial charge in [-0.1, -0.05) is 25.9 Å². The van der Waals surface area contributed by atoms with Crippen molar-refractivity contribution in [2.75, 3.05) is 0 Å². The van der Waals surface area contributed by atoms with Crippen LogP contribution in [-0.2, 0) is 6.54 Å². The molecular weight excluding hydrogens is 214 g/mol.